The van der Waals surface area contributed by atoms with Crippen molar-refractivity contribution in [1.82, 2.24) is 10.6 Å². The first-order chi connectivity index (χ1) is 9.26. The average molecular weight is 286 g/mol. The van der Waals surface area contributed by atoms with E-state index in [4.69, 9.17) is 4.74 Å². The summed E-state index contributed by atoms with van der Waals surface area (Å²) in [6, 6.07) is 0. The Morgan fingerprint density at radius 1 is 1.15 bits per heavy atom. The van der Waals surface area contributed by atoms with E-state index >= 15 is 0 Å². The molecule has 0 unspecified atom stereocenters. The molecule has 0 saturated heterocycles. The molecule has 0 bridgehead atoms. The van der Waals surface area contributed by atoms with Crippen molar-refractivity contribution < 1.29 is 19.1 Å². The van der Waals surface area contributed by atoms with Gasteiger partial charge >= 0.3 is 12.1 Å². The van der Waals surface area contributed by atoms with Crippen molar-refractivity contribution in [2.24, 2.45) is 0 Å². The maximum Gasteiger partial charge on any atom is 0.409 e. The number of hydrogen-bond acceptors (Lipinski definition) is 5. The van der Waals surface area contributed by atoms with Crippen LogP contribution in [0.5, 0.6) is 0 Å². The third-order valence-electron chi connectivity index (χ3n) is 3.25. The third kappa shape index (κ3) is 5.77. The highest BCUT2D eigenvalue weighted by atomic mass is 16.6. The van der Waals surface area contributed by atoms with Gasteiger partial charge in [0, 0.05) is 0 Å². The number of ether oxygens (including phenoxy) is 2. The number of methoxy groups -OCH3 is 1. The van der Waals surface area contributed by atoms with Gasteiger partial charge < -0.3 is 14.8 Å². The van der Waals surface area contributed by atoms with Crippen LogP contribution in [0.15, 0.2) is 0 Å². The summed E-state index contributed by atoms with van der Waals surface area (Å²) >= 11 is 0. The van der Waals surface area contributed by atoms with E-state index in [1.54, 1.807) is 0 Å². The second-order valence-electron chi connectivity index (χ2n) is 6.20. The Morgan fingerprint density at radius 2 is 1.75 bits per heavy atom. The Kier molecular flexibility index (Phi) is 5.80. The predicted molar refractivity (Wildman–Crippen MR) is 75.2 cm³/mol. The van der Waals surface area contributed by atoms with Crippen LogP contribution in [-0.2, 0) is 14.3 Å². The van der Waals surface area contributed by atoms with Gasteiger partial charge in [-0.1, -0.05) is 6.42 Å². The number of esters is 1. The number of carbonyl (C=O) groups excluding carboxylic acids is 2. The molecule has 2 N–H and O–H groups in total. The van der Waals surface area contributed by atoms with E-state index < -0.39 is 17.4 Å². The van der Waals surface area contributed by atoms with Crippen molar-refractivity contribution in [3.63, 3.8) is 0 Å². The second kappa shape index (κ2) is 6.92. The normalized spacial score (nSPS) is 18.2. The summed E-state index contributed by atoms with van der Waals surface area (Å²) in [7, 11) is 1.35. The molecule has 116 valence electrons. The summed E-state index contributed by atoms with van der Waals surface area (Å²) in [5, 5.41) is 6.00. The van der Waals surface area contributed by atoms with Crippen LogP contribution in [0, 0.1) is 0 Å². The molecular formula is C14H26N2O4. The standard InChI is InChI=1S/C14H26N2O4/c1-13(2,3)20-12(18)16-14(8-6-5-7-9-14)15-10-11(17)19-4/h15H,5-10H2,1-4H3,(H,16,18). The molecule has 1 saturated carbocycles. The van der Waals surface area contributed by atoms with E-state index in [0.29, 0.717) is 0 Å². The van der Waals surface area contributed by atoms with E-state index in [1.165, 1.54) is 7.11 Å². The third-order valence-corrected chi connectivity index (χ3v) is 3.25. The van der Waals surface area contributed by atoms with Gasteiger partial charge in [0.25, 0.3) is 0 Å². The van der Waals surface area contributed by atoms with Gasteiger partial charge in [-0.15, -0.1) is 0 Å². The van der Waals surface area contributed by atoms with Crippen LogP contribution in [0.2, 0.25) is 0 Å². The lowest BCUT2D eigenvalue weighted by Crippen LogP contribution is -2.61. The summed E-state index contributed by atoms with van der Waals surface area (Å²) in [5.41, 5.74) is -1.11. The molecule has 0 heterocycles. The summed E-state index contributed by atoms with van der Waals surface area (Å²) < 4.78 is 9.92. The van der Waals surface area contributed by atoms with E-state index in [9.17, 15) is 9.59 Å². The quantitative estimate of drug-likeness (QED) is 0.610. The molecular weight excluding hydrogens is 260 g/mol. The minimum Gasteiger partial charge on any atom is -0.468 e. The van der Waals surface area contributed by atoms with Gasteiger partial charge in [-0.2, -0.15) is 0 Å². The number of carbonyl (C=O) groups is 2. The highest BCUT2D eigenvalue weighted by molar-refractivity contribution is 5.72. The zero-order valence-corrected chi connectivity index (χ0v) is 12.9. The molecule has 0 radical (unpaired) electrons. The largest absolute Gasteiger partial charge is 0.468 e. The van der Waals surface area contributed by atoms with Crippen molar-refractivity contribution in [3.8, 4) is 0 Å². The van der Waals surface area contributed by atoms with E-state index in [1.807, 2.05) is 20.8 Å². The zero-order valence-electron chi connectivity index (χ0n) is 12.9. The molecule has 1 fully saturated rings. The SMILES string of the molecule is COC(=O)CNC1(NC(=O)OC(C)(C)C)CCCCC1. The maximum absolute atomic E-state index is 12.0. The zero-order chi connectivity index (χ0) is 15.2. The lowest BCUT2D eigenvalue weighted by atomic mass is 9.89. The van der Waals surface area contributed by atoms with Gasteiger partial charge in [-0.3, -0.25) is 10.1 Å². The molecule has 0 aromatic carbocycles. The minimum absolute atomic E-state index is 0.0757. The molecule has 6 nitrogen and oxygen atoms in total. The Morgan fingerprint density at radius 3 is 2.25 bits per heavy atom. The molecule has 6 heteroatoms. The van der Waals surface area contributed by atoms with Crippen molar-refractivity contribution in [2.75, 3.05) is 13.7 Å². The van der Waals surface area contributed by atoms with Crippen LogP contribution in [-0.4, -0.2) is 37.0 Å². The summed E-state index contributed by atoms with van der Waals surface area (Å²) in [4.78, 5) is 23.2. The fourth-order valence-corrected chi connectivity index (χ4v) is 2.31. The van der Waals surface area contributed by atoms with Crippen LogP contribution >= 0.6 is 0 Å². The fourth-order valence-electron chi connectivity index (χ4n) is 2.31. The number of alkyl carbamates (subject to hydrolysis) is 1. The van der Waals surface area contributed by atoms with Gasteiger partial charge in [0.15, 0.2) is 0 Å². The topological polar surface area (TPSA) is 76.7 Å². The number of rotatable bonds is 4. The summed E-state index contributed by atoms with van der Waals surface area (Å²) in [6.45, 7) is 5.54. The summed E-state index contributed by atoms with van der Waals surface area (Å²) in [6.07, 6.45) is 4.25. The van der Waals surface area contributed by atoms with Gasteiger partial charge in [-0.05, 0) is 46.5 Å². The van der Waals surface area contributed by atoms with Crippen LogP contribution in [0.1, 0.15) is 52.9 Å². The van der Waals surface area contributed by atoms with Gasteiger partial charge in [0.05, 0.1) is 19.3 Å². The maximum atomic E-state index is 12.0. The van der Waals surface area contributed by atoms with Crippen molar-refractivity contribution in [3.05, 3.63) is 0 Å². The Hall–Kier alpha value is -1.30. The lowest BCUT2D eigenvalue weighted by Gasteiger charge is -2.39. The first kappa shape index (κ1) is 16.8. The lowest BCUT2D eigenvalue weighted by molar-refractivity contribution is -0.140. The number of amides is 1. The molecule has 1 aliphatic rings. The second-order valence-corrected chi connectivity index (χ2v) is 6.20. The van der Waals surface area contributed by atoms with Gasteiger partial charge in [0.1, 0.15) is 5.60 Å². The van der Waals surface area contributed by atoms with Crippen LogP contribution in [0.3, 0.4) is 0 Å². The molecule has 1 rings (SSSR count). The molecule has 20 heavy (non-hydrogen) atoms. The van der Waals surface area contributed by atoms with Crippen molar-refractivity contribution in [2.45, 2.75) is 64.1 Å². The molecule has 1 amide bonds. The van der Waals surface area contributed by atoms with E-state index in [2.05, 4.69) is 15.4 Å². The van der Waals surface area contributed by atoms with Crippen LogP contribution in [0.4, 0.5) is 4.79 Å². The average Bonchev–Trinajstić information content (AvgIpc) is 2.34. The Bertz CT molecular complexity index is 344. The molecule has 0 aliphatic heterocycles. The van der Waals surface area contributed by atoms with Gasteiger partial charge in [0.2, 0.25) is 0 Å². The number of hydrogen-bond donors (Lipinski definition) is 2. The highest BCUT2D eigenvalue weighted by Crippen LogP contribution is 2.26. The Balaban J connectivity index is 2.63. The summed E-state index contributed by atoms with van der Waals surface area (Å²) in [5.74, 6) is -0.346. The molecule has 1 aliphatic carbocycles. The molecule has 0 spiro atoms. The number of nitrogens with one attached hydrogen (secondary N) is 2. The first-order valence-corrected chi connectivity index (χ1v) is 7.09. The molecule has 0 atom stereocenters. The molecule has 0 aromatic heterocycles. The highest BCUT2D eigenvalue weighted by Gasteiger charge is 2.35. The van der Waals surface area contributed by atoms with Crippen molar-refractivity contribution >= 4 is 12.1 Å². The van der Waals surface area contributed by atoms with E-state index in [-0.39, 0.29) is 12.5 Å². The fraction of sp³-hybridized carbons (Fsp3) is 0.857. The monoisotopic (exact) mass is 286 g/mol. The Labute approximate surface area is 120 Å². The van der Waals surface area contributed by atoms with Gasteiger partial charge in [-0.25, -0.2) is 4.79 Å². The minimum atomic E-state index is -0.575. The first-order valence-electron chi connectivity index (χ1n) is 7.09. The smallest absolute Gasteiger partial charge is 0.409 e. The van der Waals surface area contributed by atoms with Crippen LogP contribution < -0.4 is 10.6 Å². The van der Waals surface area contributed by atoms with Crippen molar-refractivity contribution in [1.29, 1.82) is 0 Å². The predicted octanol–water partition coefficient (Wildman–Crippen LogP) is 1.93. The van der Waals surface area contributed by atoms with Crippen LogP contribution in [0.25, 0.3) is 0 Å². The molecule has 0 aromatic rings. The van der Waals surface area contributed by atoms with E-state index in [0.717, 1.165) is 32.1 Å².